The average molecular weight is 490 g/mol. The first-order chi connectivity index (χ1) is 16.2. The highest BCUT2D eigenvalue weighted by Gasteiger charge is 2.39. The Morgan fingerprint density at radius 2 is 1.57 bits per heavy atom. The highest BCUT2D eigenvalue weighted by atomic mass is 16.6. The summed E-state index contributed by atoms with van der Waals surface area (Å²) in [6.45, 7) is 19.6. The summed E-state index contributed by atoms with van der Waals surface area (Å²) in [5.74, 6) is -0.667. The number of benzene rings is 1. The monoisotopic (exact) mass is 489 g/mol. The molecular formula is C28H47N3O4. The van der Waals surface area contributed by atoms with Crippen LogP contribution in [0.15, 0.2) is 18.2 Å². The Morgan fingerprint density at radius 3 is 2.03 bits per heavy atom. The van der Waals surface area contributed by atoms with Gasteiger partial charge in [0.2, 0.25) is 11.8 Å². The summed E-state index contributed by atoms with van der Waals surface area (Å²) in [4.78, 5) is 41.9. The van der Waals surface area contributed by atoms with Gasteiger partial charge in [0.05, 0.1) is 0 Å². The number of hydrogen-bond donors (Lipinski definition) is 2. The van der Waals surface area contributed by atoms with Crippen LogP contribution in [0.4, 0.5) is 4.79 Å². The number of unbranched alkanes of at least 4 members (excludes halogenated alkanes) is 1. The highest BCUT2D eigenvalue weighted by Crippen LogP contribution is 2.28. The largest absolute Gasteiger partial charge is 0.444 e. The van der Waals surface area contributed by atoms with Crippen molar-refractivity contribution >= 4 is 17.9 Å². The molecule has 1 aromatic carbocycles. The van der Waals surface area contributed by atoms with E-state index in [4.69, 9.17) is 4.74 Å². The van der Waals surface area contributed by atoms with Gasteiger partial charge in [0.15, 0.2) is 0 Å². The second-order valence-corrected chi connectivity index (χ2v) is 10.8. The van der Waals surface area contributed by atoms with E-state index in [1.54, 1.807) is 25.7 Å². The Balaban J connectivity index is 3.50. The number of amides is 3. The molecule has 0 aliphatic carbocycles. The van der Waals surface area contributed by atoms with Crippen molar-refractivity contribution in [1.29, 1.82) is 0 Å². The molecule has 0 spiro atoms. The summed E-state index contributed by atoms with van der Waals surface area (Å²) < 4.78 is 5.44. The molecule has 0 heterocycles. The van der Waals surface area contributed by atoms with Gasteiger partial charge < -0.3 is 20.3 Å². The standard InChI is InChI=1S/C28H47N3O4/c1-11-13-14-29-25(32)24(22-16-19(5)15-20(6)17-22)31(18(3)4)26(33)23(21(7)12-2)30-27(34)35-28(8,9)10/h15-18,21,23-24H,11-14H2,1-10H3,(H,29,32)(H,30,34). The number of hydrogen-bond acceptors (Lipinski definition) is 4. The zero-order chi connectivity index (χ0) is 26.9. The molecule has 3 amide bonds. The van der Waals surface area contributed by atoms with Gasteiger partial charge in [0, 0.05) is 12.6 Å². The molecule has 7 heteroatoms. The smallest absolute Gasteiger partial charge is 0.408 e. The fourth-order valence-electron chi connectivity index (χ4n) is 4.05. The van der Waals surface area contributed by atoms with Crippen molar-refractivity contribution in [3.63, 3.8) is 0 Å². The van der Waals surface area contributed by atoms with Crippen molar-refractivity contribution in [2.45, 2.75) is 112 Å². The van der Waals surface area contributed by atoms with Crippen LogP contribution in [0.5, 0.6) is 0 Å². The van der Waals surface area contributed by atoms with E-state index in [1.165, 1.54) is 0 Å². The molecule has 0 aliphatic heterocycles. The summed E-state index contributed by atoms with van der Waals surface area (Å²) >= 11 is 0. The third-order valence-corrected chi connectivity index (χ3v) is 5.88. The van der Waals surface area contributed by atoms with Gasteiger partial charge in [-0.2, -0.15) is 0 Å². The molecule has 2 N–H and O–H groups in total. The van der Waals surface area contributed by atoms with Crippen molar-refractivity contribution < 1.29 is 19.1 Å². The Bertz CT molecular complexity index is 840. The zero-order valence-electron chi connectivity index (χ0n) is 23.5. The lowest BCUT2D eigenvalue weighted by atomic mass is 9.94. The van der Waals surface area contributed by atoms with Gasteiger partial charge in [-0.15, -0.1) is 0 Å². The van der Waals surface area contributed by atoms with Crippen molar-refractivity contribution in [3.8, 4) is 0 Å². The molecule has 0 aliphatic rings. The predicted octanol–water partition coefficient (Wildman–Crippen LogP) is 5.44. The van der Waals surface area contributed by atoms with Gasteiger partial charge in [-0.3, -0.25) is 9.59 Å². The third kappa shape index (κ3) is 9.54. The fourth-order valence-corrected chi connectivity index (χ4v) is 4.05. The Labute approximate surface area is 212 Å². The predicted molar refractivity (Wildman–Crippen MR) is 141 cm³/mol. The maximum atomic E-state index is 14.1. The Hall–Kier alpha value is -2.57. The second kappa shape index (κ2) is 13.5. The molecule has 0 saturated heterocycles. The number of carbonyl (C=O) groups is 3. The van der Waals surface area contributed by atoms with Crippen LogP contribution < -0.4 is 10.6 Å². The first kappa shape index (κ1) is 30.5. The van der Waals surface area contributed by atoms with Crippen LogP contribution in [-0.4, -0.2) is 47.0 Å². The summed E-state index contributed by atoms with van der Waals surface area (Å²) in [5, 5.41) is 5.82. The second-order valence-electron chi connectivity index (χ2n) is 10.8. The number of nitrogens with zero attached hydrogens (tertiary/aromatic N) is 1. The Kier molecular flexibility index (Phi) is 11.7. The lowest BCUT2D eigenvalue weighted by Gasteiger charge is -2.38. The van der Waals surface area contributed by atoms with Crippen molar-refractivity contribution in [2.75, 3.05) is 6.54 Å². The summed E-state index contributed by atoms with van der Waals surface area (Å²) in [6.07, 6.45) is 1.85. The minimum absolute atomic E-state index is 0.153. The Morgan fingerprint density at radius 1 is 1.00 bits per heavy atom. The molecule has 0 radical (unpaired) electrons. The van der Waals surface area contributed by atoms with Crippen LogP contribution in [0.3, 0.4) is 0 Å². The molecule has 3 unspecified atom stereocenters. The lowest BCUT2D eigenvalue weighted by molar-refractivity contribution is -0.145. The van der Waals surface area contributed by atoms with Gasteiger partial charge in [-0.05, 0) is 66.4 Å². The van der Waals surface area contributed by atoms with E-state index < -0.39 is 23.8 Å². The molecule has 0 bridgehead atoms. The van der Waals surface area contributed by atoms with Gasteiger partial charge in [-0.1, -0.05) is 62.9 Å². The lowest BCUT2D eigenvalue weighted by Crippen LogP contribution is -2.57. The van der Waals surface area contributed by atoms with E-state index in [2.05, 4.69) is 17.6 Å². The van der Waals surface area contributed by atoms with Crippen LogP contribution >= 0.6 is 0 Å². The van der Waals surface area contributed by atoms with Crippen molar-refractivity contribution in [2.24, 2.45) is 5.92 Å². The molecule has 1 aromatic rings. The number of aryl methyl sites for hydroxylation is 2. The number of carbonyl (C=O) groups excluding carboxylic acids is 3. The molecule has 0 fully saturated rings. The SMILES string of the molecule is CCCCNC(=O)C(c1cc(C)cc(C)c1)N(C(=O)C(NC(=O)OC(C)(C)C)C(C)CC)C(C)C. The molecule has 7 nitrogen and oxygen atoms in total. The van der Waals surface area contributed by atoms with Crippen LogP contribution in [0, 0.1) is 19.8 Å². The van der Waals surface area contributed by atoms with Gasteiger partial charge >= 0.3 is 6.09 Å². The molecule has 0 aromatic heterocycles. The normalized spacial score (nSPS) is 14.1. The zero-order valence-corrected chi connectivity index (χ0v) is 23.5. The minimum atomic E-state index is -0.825. The van der Waals surface area contributed by atoms with E-state index >= 15 is 0 Å². The molecule has 3 atom stereocenters. The van der Waals surface area contributed by atoms with Crippen LogP contribution in [-0.2, 0) is 14.3 Å². The molecule has 0 saturated carbocycles. The summed E-state index contributed by atoms with van der Waals surface area (Å²) in [6, 6.07) is 4.04. The van der Waals surface area contributed by atoms with E-state index in [-0.39, 0.29) is 23.8 Å². The minimum Gasteiger partial charge on any atom is -0.444 e. The van der Waals surface area contributed by atoms with Gasteiger partial charge in [0.25, 0.3) is 0 Å². The maximum absolute atomic E-state index is 14.1. The van der Waals surface area contributed by atoms with Crippen molar-refractivity contribution in [1.82, 2.24) is 15.5 Å². The quantitative estimate of drug-likeness (QED) is 0.405. The molecule has 198 valence electrons. The number of nitrogens with one attached hydrogen (secondary N) is 2. The first-order valence-electron chi connectivity index (χ1n) is 12.9. The fraction of sp³-hybridized carbons (Fsp3) is 0.679. The maximum Gasteiger partial charge on any atom is 0.408 e. The number of ether oxygens (including phenoxy) is 1. The third-order valence-electron chi connectivity index (χ3n) is 5.88. The van der Waals surface area contributed by atoms with Gasteiger partial charge in [0.1, 0.15) is 17.7 Å². The topological polar surface area (TPSA) is 87.7 Å². The number of rotatable bonds is 11. The van der Waals surface area contributed by atoms with E-state index in [9.17, 15) is 14.4 Å². The van der Waals surface area contributed by atoms with E-state index in [1.807, 2.05) is 59.7 Å². The molecular weight excluding hydrogens is 442 g/mol. The summed E-state index contributed by atoms with van der Waals surface area (Å²) in [7, 11) is 0. The molecule has 35 heavy (non-hydrogen) atoms. The molecule has 1 rings (SSSR count). The van der Waals surface area contributed by atoms with Crippen LogP contribution in [0.2, 0.25) is 0 Å². The first-order valence-corrected chi connectivity index (χ1v) is 12.9. The average Bonchev–Trinajstić information content (AvgIpc) is 2.72. The number of alkyl carbamates (subject to hydrolysis) is 1. The van der Waals surface area contributed by atoms with Crippen LogP contribution in [0.1, 0.15) is 97.4 Å². The van der Waals surface area contributed by atoms with Crippen LogP contribution in [0.25, 0.3) is 0 Å². The van der Waals surface area contributed by atoms with E-state index in [0.717, 1.165) is 29.5 Å². The highest BCUT2D eigenvalue weighted by molar-refractivity contribution is 5.92. The summed E-state index contributed by atoms with van der Waals surface area (Å²) in [5.41, 5.74) is 2.12. The van der Waals surface area contributed by atoms with E-state index in [0.29, 0.717) is 13.0 Å². The van der Waals surface area contributed by atoms with Gasteiger partial charge in [-0.25, -0.2) is 4.79 Å². The van der Waals surface area contributed by atoms with Crippen molar-refractivity contribution in [3.05, 3.63) is 34.9 Å².